The van der Waals surface area contributed by atoms with Crippen molar-refractivity contribution in [2.24, 2.45) is 0 Å². The van der Waals surface area contributed by atoms with Crippen LogP contribution in [-0.4, -0.2) is 16.1 Å². The minimum atomic E-state index is -4.89. The Balaban J connectivity index is 3.00. The molecule has 0 radical (unpaired) electrons. The van der Waals surface area contributed by atoms with Gasteiger partial charge in [0.05, 0.1) is 11.1 Å². The van der Waals surface area contributed by atoms with Gasteiger partial charge in [-0.3, -0.25) is 0 Å². The van der Waals surface area contributed by atoms with Crippen LogP contribution in [0.2, 0.25) is 0 Å². The van der Waals surface area contributed by atoms with Gasteiger partial charge in [0.2, 0.25) is 0 Å². The average Bonchev–Trinajstić information content (AvgIpc) is 2.24. The summed E-state index contributed by atoms with van der Waals surface area (Å²) >= 11 is 2.67. The Morgan fingerprint density at radius 3 is 2.47 bits per heavy atom. The molecule has 1 heterocycles. The number of pyridine rings is 1. The predicted octanol–water partition coefficient (Wildman–Crippen LogP) is 3.85. The van der Waals surface area contributed by atoms with Crippen LogP contribution in [0.1, 0.15) is 15.9 Å². The van der Waals surface area contributed by atoms with E-state index >= 15 is 0 Å². The lowest BCUT2D eigenvalue weighted by atomic mass is 10.0. The van der Waals surface area contributed by atoms with E-state index in [4.69, 9.17) is 5.11 Å². The maximum absolute atomic E-state index is 13.0. The van der Waals surface area contributed by atoms with E-state index in [9.17, 15) is 22.4 Å². The second-order valence-electron chi connectivity index (χ2n) is 3.62. The van der Waals surface area contributed by atoms with Gasteiger partial charge in [0.15, 0.2) is 0 Å². The molecule has 0 amide bonds. The first kappa shape index (κ1) is 13.7. The normalized spacial score (nSPS) is 11.8. The predicted molar refractivity (Wildman–Crippen MR) is 61.4 cm³/mol. The Bertz CT molecular complexity index is 684. The van der Waals surface area contributed by atoms with Gasteiger partial charge in [-0.25, -0.2) is 14.2 Å². The van der Waals surface area contributed by atoms with E-state index in [1.165, 1.54) is 0 Å². The van der Waals surface area contributed by atoms with Crippen molar-refractivity contribution in [3.05, 3.63) is 39.7 Å². The average molecular weight is 338 g/mol. The highest BCUT2D eigenvalue weighted by Crippen LogP contribution is 2.39. The first-order chi connectivity index (χ1) is 8.71. The molecule has 19 heavy (non-hydrogen) atoms. The molecule has 0 bridgehead atoms. The van der Waals surface area contributed by atoms with E-state index in [0.717, 1.165) is 18.2 Å². The van der Waals surface area contributed by atoms with Crippen molar-refractivity contribution >= 4 is 32.8 Å². The van der Waals surface area contributed by atoms with Crippen LogP contribution < -0.4 is 0 Å². The fourth-order valence-corrected chi connectivity index (χ4v) is 2.26. The van der Waals surface area contributed by atoms with Crippen LogP contribution in [0.5, 0.6) is 0 Å². The number of carboxylic acid groups (broad SMARTS) is 1. The summed E-state index contributed by atoms with van der Waals surface area (Å²) in [5.41, 5.74) is -2.62. The molecule has 0 saturated carbocycles. The molecule has 0 aliphatic heterocycles. The molecule has 0 atom stereocenters. The number of fused-ring (bicyclic) bond motifs is 1. The minimum absolute atomic E-state index is 0.274. The Morgan fingerprint density at radius 1 is 1.32 bits per heavy atom. The molecule has 1 N–H and O–H groups in total. The van der Waals surface area contributed by atoms with E-state index in [2.05, 4.69) is 20.9 Å². The van der Waals surface area contributed by atoms with Crippen LogP contribution in [-0.2, 0) is 6.18 Å². The van der Waals surface area contributed by atoms with Crippen LogP contribution in [0.4, 0.5) is 17.6 Å². The second kappa shape index (κ2) is 4.44. The summed E-state index contributed by atoms with van der Waals surface area (Å²) in [4.78, 5) is 14.6. The first-order valence-electron chi connectivity index (χ1n) is 4.81. The zero-order valence-electron chi connectivity index (χ0n) is 8.92. The summed E-state index contributed by atoms with van der Waals surface area (Å²) in [6.45, 7) is 0. The zero-order valence-corrected chi connectivity index (χ0v) is 10.5. The highest BCUT2D eigenvalue weighted by molar-refractivity contribution is 9.10. The summed E-state index contributed by atoms with van der Waals surface area (Å²) in [6.07, 6.45) is -4.89. The minimum Gasteiger partial charge on any atom is -0.478 e. The maximum atomic E-state index is 13.0. The molecule has 3 nitrogen and oxygen atoms in total. The van der Waals surface area contributed by atoms with Crippen molar-refractivity contribution in [3.8, 4) is 0 Å². The number of rotatable bonds is 1. The van der Waals surface area contributed by atoms with Crippen molar-refractivity contribution in [2.75, 3.05) is 0 Å². The topological polar surface area (TPSA) is 50.2 Å². The fourth-order valence-electron chi connectivity index (χ4n) is 1.70. The molecule has 2 aromatic rings. The van der Waals surface area contributed by atoms with E-state index in [1.54, 1.807) is 0 Å². The molecule has 0 aliphatic carbocycles. The zero-order chi connectivity index (χ0) is 14.4. The lowest BCUT2D eigenvalue weighted by molar-refractivity contribution is -0.136. The molecule has 8 heteroatoms. The van der Waals surface area contributed by atoms with Gasteiger partial charge in [0.1, 0.15) is 16.0 Å². The van der Waals surface area contributed by atoms with Gasteiger partial charge >= 0.3 is 12.1 Å². The van der Waals surface area contributed by atoms with Gasteiger partial charge in [-0.05, 0) is 28.1 Å². The number of halogens is 5. The highest BCUT2D eigenvalue weighted by atomic mass is 79.9. The lowest BCUT2D eigenvalue weighted by Crippen LogP contribution is -2.15. The van der Waals surface area contributed by atoms with E-state index in [-0.39, 0.29) is 5.52 Å². The number of benzene rings is 1. The number of nitrogens with zero attached hydrogens (tertiary/aromatic N) is 1. The van der Waals surface area contributed by atoms with Crippen molar-refractivity contribution in [3.63, 3.8) is 0 Å². The quantitative estimate of drug-likeness (QED) is 0.635. The van der Waals surface area contributed by atoms with E-state index < -0.39 is 39.1 Å². The molecule has 0 saturated heterocycles. The smallest absolute Gasteiger partial charge is 0.418 e. The van der Waals surface area contributed by atoms with E-state index in [1.807, 2.05) is 0 Å². The Morgan fingerprint density at radius 2 is 1.95 bits per heavy atom. The van der Waals surface area contributed by atoms with Gasteiger partial charge < -0.3 is 5.11 Å². The summed E-state index contributed by atoms with van der Waals surface area (Å²) in [7, 11) is 0. The van der Waals surface area contributed by atoms with Gasteiger partial charge in [0.25, 0.3) is 0 Å². The number of alkyl halides is 3. The Hall–Kier alpha value is -1.70. The first-order valence-corrected chi connectivity index (χ1v) is 5.60. The molecular formula is C11H4BrF4NO2. The molecule has 0 spiro atoms. The number of hydrogen-bond donors (Lipinski definition) is 1. The number of carbonyl (C=O) groups is 1. The summed E-state index contributed by atoms with van der Waals surface area (Å²) in [5.74, 6) is -2.53. The molecule has 0 unspecified atom stereocenters. The van der Waals surface area contributed by atoms with Crippen LogP contribution in [0, 0.1) is 5.82 Å². The third-order valence-corrected chi connectivity index (χ3v) is 2.98. The third-order valence-electron chi connectivity index (χ3n) is 2.40. The maximum Gasteiger partial charge on any atom is 0.418 e. The SMILES string of the molecule is O=C(O)c1c(Br)nc2cc(F)ccc2c1C(F)(F)F. The third kappa shape index (κ3) is 2.40. The Labute approximate surface area is 112 Å². The number of hydrogen-bond acceptors (Lipinski definition) is 2. The van der Waals surface area contributed by atoms with Crippen LogP contribution in [0.3, 0.4) is 0 Å². The van der Waals surface area contributed by atoms with Crippen LogP contribution >= 0.6 is 15.9 Å². The molecular weight excluding hydrogens is 334 g/mol. The summed E-state index contributed by atoms with van der Waals surface area (Å²) in [6, 6.07) is 2.49. The van der Waals surface area contributed by atoms with Crippen molar-refractivity contribution < 1.29 is 27.5 Å². The van der Waals surface area contributed by atoms with Crippen LogP contribution in [0.15, 0.2) is 22.8 Å². The van der Waals surface area contributed by atoms with Gasteiger partial charge in [0, 0.05) is 11.5 Å². The second-order valence-corrected chi connectivity index (χ2v) is 4.37. The van der Waals surface area contributed by atoms with E-state index in [0.29, 0.717) is 0 Å². The Kier molecular flexibility index (Phi) is 3.21. The number of carboxylic acids is 1. The van der Waals surface area contributed by atoms with Gasteiger partial charge in [-0.2, -0.15) is 13.2 Å². The standard InChI is InChI=1S/C11H4BrF4NO2/c12-9-7(10(18)19)8(11(14,15)16)5-2-1-4(13)3-6(5)17-9/h1-3H,(H,18,19). The molecule has 1 aromatic heterocycles. The molecule has 1 aromatic carbocycles. The molecule has 0 aliphatic rings. The monoisotopic (exact) mass is 337 g/mol. The lowest BCUT2D eigenvalue weighted by Gasteiger charge is -2.14. The van der Waals surface area contributed by atoms with Gasteiger partial charge in [-0.1, -0.05) is 0 Å². The van der Waals surface area contributed by atoms with Crippen molar-refractivity contribution in [1.29, 1.82) is 0 Å². The molecule has 100 valence electrons. The molecule has 2 rings (SSSR count). The largest absolute Gasteiger partial charge is 0.478 e. The number of aromatic nitrogens is 1. The van der Waals surface area contributed by atoms with Crippen molar-refractivity contribution in [1.82, 2.24) is 4.98 Å². The number of aromatic carboxylic acids is 1. The highest BCUT2D eigenvalue weighted by Gasteiger charge is 2.39. The van der Waals surface area contributed by atoms with Crippen molar-refractivity contribution in [2.45, 2.75) is 6.18 Å². The molecule has 0 fully saturated rings. The van der Waals surface area contributed by atoms with Crippen LogP contribution in [0.25, 0.3) is 10.9 Å². The summed E-state index contributed by atoms with van der Waals surface area (Å²) < 4.78 is 51.5. The summed E-state index contributed by atoms with van der Waals surface area (Å²) in [5, 5.41) is 8.42. The van der Waals surface area contributed by atoms with Gasteiger partial charge in [-0.15, -0.1) is 0 Å². The fraction of sp³-hybridized carbons (Fsp3) is 0.0909.